The van der Waals surface area contributed by atoms with Gasteiger partial charge < -0.3 is 9.47 Å². The third kappa shape index (κ3) is 5.19. The van der Waals surface area contributed by atoms with Gasteiger partial charge >= 0.3 is 0 Å². The molecule has 10 aromatic carbocycles. The van der Waals surface area contributed by atoms with Gasteiger partial charge in [0, 0.05) is 33.5 Å². The smallest absolute Gasteiger partial charge is 0.0541 e. The van der Waals surface area contributed by atoms with Crippen LogP contribution in [0.3, 0.4) is 0 Å². The molecular formula is C54H36N2. The number of hydrogen-bond donors (Lipinski definition) is 0. The molecule has 2 heteroatoms. The molecule has 0 spiro atoms. The summed E-state index contributed by atoms with van der Waals surface area (Å²) in [7, 11) is 0. The maximum Gasteiger partial charge on any atom is 0.0541 e. The van der Waals surface area contributed by atoms with Crippen molar-refractivity contribution >= 4 is 71.2 Å². The van der Waals surface area contributed by atoms with Crippen LogP contribution in [0.1, 0.15) is 0 Å². The molecule has 0 fully saturated rings. The number of aromatic nitrogens is 1. The molecule has 0 aliphatic rings. The molecular weight excluding hydrogens is 677 g/mol. The molecule has 11 aromatic rings. The van der Waals surface area contributed by atoms with Crippen molar-refractivity contribution in [3.05, 3.63) is 218 Å². The van der Waals surface area contributed by atoms with Crippen LogP contribution in [0.4, 0.5) is 17.1 Å². The molecule has 0 aliphatic heterocycles. The van der Waals surface area contributed by atoms with Crippen LogP contribution < -0.4 is 4.90 Å². The van der Waals surface area contributed by atoms with Crippen LogP contribution in [-0.4, -0.2) is 4.57 Å². The topological polar surface area (TPSA) is 8.17 Å². The van der Waals surface area contributed by atoms with Gasteiger partial charge in [-0.15, -0.1) is 0 Å². The van der Waals surface area contributed by atoms with E-state index in [4.69, 9.17) is 0 Å². The quantitative estimate of drug-likeness (QED) is 0.156. The number of rotatable bonds is 6. The lowest BCUT2D eigenvalue weighted by Crippen LogP contribution is -2.09. The first-order chi connectivity index (χ1) is 27.8. The summed E-state index contributed by atoms with van der Waals surface area (Å²) in [4.78, 5) is 2.35. The van der Waals surface area contributed by atoms with Gasteiger partial charge in [0.2, 0.25) is 0 Å². The van der Waals surface area contributed by atoms with Crippen molar-refractivity contribution in [1.29, 1.82) is 0 Å². The molecule has 0 bridgehead atoms. The Kier molecular flexibility index (Phi) is 7.53. The molecule has 0 unspecified atom stereocenters. The maximum absolute atomic E-state index is 2.39. The molecule has 56 heavy (non-hydrogen) atoms. The van der Waals surface area contributed by atoms with E-state index < -0.39 is 0 Å². The zero-order chi connectivity index (χ0) is 37.0. The van der Waals surface area contributed by atoms with Gasteiger partial charge in [-0.3, -0.25) is 0 Å². The molecule has 11 rings (SSSR count). The lowest BCUT2D eigenvalue weighted by Gasteiger charge is -2.26. The van der Waals surface area contributed by atoms with Crippen molar-refractivity contribution in [3.8, 4) is 27.9 Å². The van der Waals surface area contributed by atoms with Gasteiger partial charge in [0.25, 0.3) is 0 Å². The van der Waals surface area contributed by atoms with E-state index in [9.17, 15) is 0 Å². The molecule has 2 nitrogen and oxygen atoms in total. The Labute approximate surface area is 325 Å². The minimum absolute atomic E-state index is 1.11. The average Bonchev–Trinajstić information content (AvgIpc) is 3.61. The molecule has 0 aliphatic carbocycles. The fourth-order valence-electron chi connectivity index (χ4n) is 8.85. The minimum atomic E-state index is 1.11. The fraction of sp³-hybridized carbons (Fsp3) is 0. The van der Waals surface area contributed by atoms with E-state index in [1.54, 1.807) is 0 Å². The first kappa shape index (κ1) is 32.0. The van der Waals surface area contributed by atoms with Crippen LogP contribution in [-0.2, 0) is 0 Å². The van der Waals surface area contributed by atoms with Gasteiger partial charge in [-0.1, -0.05) is 158 Å². The summed E-state index contributed by atoms with van der Waals surface area (Å²) in [5.74, 6) is 0. The SMILES string of the molecule is c1ccc(N(c2ccc(-c3c4ccccc4c(-c4ccc(-n5c6ccccc6c6ccccc65)cc4)c4ccccc34)cc2)c2ccc3ccccc3c2)cc1. The Morgan fingerprint density at radius 2 is 0.696 bits per heavy atom. The summed E-state index contributed by atoms with van der Waals surface area (Å²) in [5, 5.41) is 9.99. The Morgan fingerprint density at radius 1 is 0.286 bits per heavy atom. The lowest BCUT2D eigenvalue weighted by atomic mass is 9.86. The van der Waals surface area contributed by atoms with Gasteiger partial charge in [-0.05, 0) is 115 Å². The Bertz CT molecular complexity index is 3120. The van der Waals surface area contributed by atoms with Crippen LogP contribution in [0, 0.1) is 0 Å². The molecule has 0 saturated carbocycles. The summed E-state index contributed by atoms with van der Waals surface area (Å²) in [5.41, 5.74) is 11.9. The van der Waals surface area contributed by atoms with Crippen LogP contribution in [0.25, 0.3) is 82.1 Å². The van der Waals surface area contributed by atoms with Crippen LogP contribution in [0.5, 0.6) is 0 Å². The maximum atomic E-state index is 2.39. The summed E-state index contributed by atoms with van der Waals surface area (Å²) < 4.78 is 2.39. The molecule has 0 atom stereocenters. The minimum Gasteiger partial charge on any atom is -0.310 e. The normalized spacial score (nSPS) is 11.6. The average molecular weight is 713 g/mol. The fourth-order valence-corrected chi connectivity index (χ4v) is 8.85. The molecule has 0 radical (unpaired) electrons. The number of anilines is 3. The van der Waals surface area contributed by atoms with Crippen LogP contribution in [0.15, 0.2) is 218 Å². The van der Waals surface area contributed by atoms with E-state index in [0.29, 0.717) is 0 Å². The summed E-state index contributed by atoms with van der Waals surface area (Å²) in [6, 6.07) is 79.4. The number of benzene rings is 10. The summed E-state index contributed by atoms with van der Waals surface area (Å²) in [6.45, 7) is 0. The van der Waals surface area contributed by atoms with E-state index in [2.05, 4.69) is 228 Å². The van der Waals surface area contributed by atoms with Crippen molar-refractivity contribution in [2.24, 2.45) is 0 Å². The summed E-state index contributed by atoms with van der Waals surface area (Å²) in [6.07, 6.45) is 0. The van der Waals surface area contributed by atoms with Crippen LogP contribution >= 0.6 is 0 Å². The molecule has 1 aromatic heterocycles. The third-order valence-electron chi connectivity index (χ3n) is 11.3. The second kappa shape index (κ2) is 13.2. The Hall–Kier alpha value is -7.42. The van der Waals surface area contributed by atoms with E-state index in [1.807, 2.05) is 0 Å². The first-order valence-corrected chi connectivity index (χ1v) is 19.3. The largest absolute Gasteiger partial charge is 0.310 e. The molecule has 262 valence electrons. The Morgan fingerprint density at radius 3 is 1.25 bits per heavy atom. The van der Waals surface area contributed by atoms with E-state index in [1.165, 1.54) is 76.4 Å². The van der Waals surface area contributed by atoms with Crippen molar-refractivity contribution in [2.45, 2.75) is 0 Å². The predicted octanol–water partition coefficient (Wildman–Crippen LogP) is 15.0. The van der Waals surface area contributed by atoms with Gasteiger partial charge in [-0.25, -0.2) is 0 Å². The monoisotopic (exact) mass is 712 g/mol. The second-order valence-electron chi connectivity index (χ2n) is 14.5. The zero-order valence-electron chi connectivity index (χ0n) is 30.7. The van der Waals surface area contributed by atoms with Gasteiger partial charge in [0.05, 0.1) is 11.0 Å². The second-order valence-corrected chi connectivity index (χ2v) is 14.5. The summed E-state index contributed by atoms with van der Waals surface area (Å²) >= 11 is 0. The van der Waals surface area contributed by atoms with Gasteiger partial charge in [0.15, 0.2) is 0 Å². The molecule has 0 N–H and O–H groups in total. The predicted molar refractivity (Wildman–Crippen MR) is 239 cm³/mol. The highest BCUT2D eigenvalue weighted by Gasteiger charge is 2.19. The van der Waals surface area contributed by atoms with Crippen molar-refractivity contribution in [2.75, 3.05) is 4.90 Å². The number of hydrogen-bond acceptors (Lipinski definition) is 1. The van der Waals surface area contributed by atoms with Gasteiger partial charge in [-0.2, -0.15) is 0 Å². The van der Waals surface area contributed by atoms with E-state index in [-0.39, 0.29) is 0 Å². The standard InChI is InChI=1S/C54H36N2/c1-2-16-41(17-3-1)55(44-35-26-37-14-4-5-15-40(37)36-44)42-31-27-38(28-32-42)53-47-20-6-8-22-49(47)54(50-23-9-7-21-48(50)53)39-29-33-43(34-30-39)56-51-24-12-10-18-45(51)46-19-11-13-25-52(46)56/h1-36H. The zero-order valence-corrected chi connectivity index (χ0v) is 30.7. The van der Waals surface area contributed by atoms with Crippen molar-refractivity contribution in [1.82, 2.24) is 4.57 Å². The van der Waals surface area contributed by atoms with Crippen LogP contribution in [0.2, 0.25) is 0 Å². The first-order valence-electron chi connectivity index (χ1n) is 19.3. The van der Waals surface area contributed by atoms with Gasteiger partial charge in [0.1, 0.15) is 0 Å². The molecule has 0 amide bonds. The highest BCUT2D eigenvalue weighted by molar-refractivity contribution is 6.21. The number of fused-ring (bicyclic) bond motifs is 6. The number of nitrogens with zero attached hydrogens (tertiary/aromatic N) is 2. The lowest BCUT2D eigenvalue weighted by molar-refractivity contribution is 1.18. The molecule has 0 saturated heterocycles. The van der Waals surface area contributed by atoms with E-state index >= 15 is 0 Å². The third-order valence-corrected chi connectivity index (χ3v) is 11.3. The highest BCUT2D eigenvalue weighted by Crippen LogP contribution is 2.45. The van der Waals surface area contributed by atoms with Crippen molar-refractivity contribution in [3.63, 3.8) is 0 Å². The Balaban J connectivity index is 1.04. The number of para-hydroxylation sites is 3. The van der Waals surface area contributed by atoms with Crippen molar-refractivity contribution < 1.29 is 0 Å². The highest BCUT2D eigenvalue weighted by atomic mass is 15.1. The molecule has 1 heterocycles. The van der Waals surface area contributed by atoms with E-state index in [0.717, 1.165) is 22.7 Å².